The van der Waals surface area contributed by atoms with E-state index in [-0.39, 0.29) is 16.5 Å². The Morgan fingerprint density at radius 1 is 1.20 bits per heavy atom. The van der Waals surface area contributed by atoms with Gasteiger partial charge in [0.2, 0.25) is 0 Å². The summed E-state index contributed by atoms with van der Waals surface area (Å²) in [6.45, 7) is 1.92. The van der Waals surface area contributed by atoms with Gasteiger partial charge in [0.1, 0.15) is 0 Å². The topological polar surface area (TPSA) is 66.6 Å². The summed E-state index contributed by atoms with van der Waals surface area (Å²) in [5.74, 6) is 0. The Hall–Kier alpha value is -1.76. The number of nitrogens with zero attached hydrogens (tertiary/aromatic N) is 2. The van der Waals surface area contributed by atoms with Gasteiger partial charge in [0.05, 0.1) is 11.5 Å². The van der Waals surface area contributed by atoms with Gasteiger partial charge in [0.25, 0.3) is 0 Å². The van der Waals surface area contributed by atoms with Crippen molar-refractivity contribution in [2.75, 3.05) is 13.2 Å². The highest BCUT2D eigenvalue weighted by molar-refractivity contribution is 7.13. The Morgan fingerprint density at radius 2 is 1.90 bits per heavy atom. The lowest BCUT2D eigenvalue weighted by Gasteiger charge is -2.20. The molecule has 0 unspecified atom stereocenters. The molecular formula is C14H16N2O3S. The molecule has 0 saturated carbocycles. The minimum Gasteiger partial charge on any atom is -0.395 e. The first kappa shape index (κ1) is 14.6. The van der Waals surface area contributed by atoms with Crippen LogP contribution < -0.4 is 0 Å². The van der Waals surface area contributed by atoms with E-state index in [9.17, 15) is 10.1 Å². The van der Waals surface area contributed by atoms with Crippen LogP contribution in [0.5, 0.6) is 0 Å². The Kier molecular flexibility index (Phi) is 5.23. The fraction of sp³-hybridized carbons (Fsp3) is 0.286. The van der Waals surface area contributed by atoms with E-state index in [0.29, 0.717) is 19.6 Å². The maximum absolute atomic E-state index is 10.7. The van der Waals surface area contributed by atoms with Gasteiger partial charge in [-0.1, -0.05) is 41.7 Å². The molecule has 0 fully saturated rings. The molecule has 0 saturated heterocycles. The molecule has 0 bridgehead atoms. The predicted molar refractivity (Wildman–Crippen MR) is 78.6 cm³/mol. The molecule has 106 valence electrons. The summed E-state index contributed by atoms with van der Waals surface area (Å²) in [6, 6.07) is 11.6. The highest BCUT2D eigenvalue weighted by Gasteiger charge is 2.12. The largest absolute Gasteiger partial charge is 0.395 e. The van der Waals surface area contributed by atoms with Gasteiger partial charge in [-0.15, -0.1) is 0 Å². The third-order valence-electron chi connectivity index (χ3n) is 2.89. The van der Waals surface area contributed by atoms with E-state index in [2.05, 4.69) is 4.90 Å². The van der Waals surface area contributed by atoms with Crippen molar-refractivity contribution in [1.29, 1.82) is 0 Å². The standard InChI is InChI=1S/C14H16N2O3S/c17-7-6-15(9-12-4-2-1-3-5-12)10-13-8-14(16(18)19)20-11-13/h1-5,8,11,17H,6-7,9-10H2. The van der Waals surface area contributed by atoms with Gasteiger partial charge in [0, 0.05) is 31.1 Å². The summed E-state index contributed by atoms with van der Waals surface area (Å²) in [6.07, 6.45) is 0. The third kappa shape index (κ3) is 4.12. The van der Waals surface area contributed by atoms with E-state index in [1.54, 1.807) is 11.4 Å². The summed E-state index contributed by atoms with van der Waals surface area (Å²) in [5.41, 5.74) is 2.07. The summed E-state index contributed by atoms with van der Waals surface area (Å²) < 4.78 is 0. The van der Waals surface area contributed by atoms with Gasteiger partial charge in [-0.05, 0) is 11.1 Å². The average Bonchev–Trinajstić information content (AvgIpc) is 2.89. The molecule has 6 heteroatoms. The van der Waals surface area contributed by atoms with Gasteiger partial charge in [-0.25, -0.2) is 0 Å². The second-order valence-electron chi connectivity index (χ2n) is 4.47. The second kappa shape index (κ2) is 7.14. The molecule has 1 aromatic carbocycles. The van der Waals surface area contributed by atoms with Crippen LogP contribution in [0.25, 0.3) is 0 Å². The monoisotopic (exact) mass is 292 g/mol. The molecule has 1 aromatic heterocycles. The number of hydrogen-bond donors (Lipinski definition) is 1. The maximum Gasteiger partial charge on any atom is 0.324 e. The van der Waals surface area contributed by atoms with Gasteiger partial charge in [-0.3, -0.25) is 15.0 Å². The number of aliphatic hydroxyl groups excluding tert-OH is 1. The van der Waals surface area contributed by atoms with E-state index in [0.717, 1.165) is 22.5 Å². The normalized spacial score (nSPS) is 10.9. The fourth-order valence-corrected chi connectivity index (χ4v) is 2.72. The van der Waals surface area contributed by atoms with Gasteiger partial charge in [-0.2, -0.15) is 0 Å². The number of aliphatic hydroxyl groups is 1. The number of benzene rings is 1. The number of rotatable bonds is 7. The van der Waals surface area contributed by atoms with Crippen molar-refractivity contribution >= 4 is 16.3 Å². The van der Waals surface area contributed by atoms with Crippen LogP contribution in [0.2, 0.25) is 0 Å². The van der Waals surface area contributed by atoms with Crippen LogP contribution in [0.15, 0.2) is 41.8 Å². The summed E-state index contributed by atoms with van der Waals surface area (Å²) >= 11 is 1.14. The van der Waals surface area contributed by atoms with Crippen LogP contribution in [0, 0.1) is 10.1 Å². The third-order valence-corrected chi connectivity index (χ3v) is 3.82. The van der Waals surface area contributed by atoms with Crippen molar-refractivity contribution in [3.05, 3.63) is 63.0 Å². The minimum atomic E-state index is -0.373. The minimum absolute atomic E-state index is 0.0685. The van der Waals surface area contributed by atoms with Gasteiger partial charge in [0.15, 0.2) is 0 Å². The average molecular weight is 292 g/mol. The quantitative estimate of drug-likeness (QED) is 0.629. The summed E-state index contributed by atoms with van der Waals surface area (Å²) in [7, 11) is 0. The molecular weight excluding hydrogens is 276 g/mol. The Labute approximate surface area is 121 Å². The molecule has 5 nitrogen and oxygen atoms in total. The fourth-order valence-electron chi connectivity index (χ4n) is 2.00. The Morgan fingerprint density at radius 3 is 2.50 bits per heavy atom. The van der Waals surface area contributed by atoms with Crippen molar-refractivity contribution in [2.45, 2.75) is 13.1 Å². The van der Waals surface area contributed by atoms with E-state index in [1.165, 1.54) is 0 Å². The zero-order valence-electron chi connectivity index (χ0n) is 10.9. The van der Waals surface area contributed by atoms with Crippen LogP contribution in [0.3, 0.4) is 0 Å². The van der Waals surface area contributed by atoms with Gasteiger partial charge >= 0.3 is 5.00 Å². The van der Waals surface area contributed by atoms with Crippen molar-refractivity contribution in [1.82, 2.24) is 4.90 Å². The maximum atomic E-state index is 10.7. The molecule has 2 rings (SSSR count). The van der Waals surface area contributed by atoms with Crippen molar-refractivity contribution in [3.63, 3.8) is 0 Å². The Bertz CT molecular complexity index is 557. The van der Waals surface area contributed by atoms with Crippen LogP contribution in [0.1, 0.15) is 11.1 Å². The van der Waals surface area contributed by atoms with Gasteiger partial charge < -0.3 is 5.11 Å². The summed E-state index contributed by atoms with van der Waals surface area (Å²) in [5, 5.41) is 21.8. The molecule has 0 aliphatic heterocycles. The van der Waals surface area contributed by atoms with Crippen LogP contribution in [0.4, 0.5) is 5.00 Å². The van der Waals surface area contributed by atoms with Crippen LogP contribution in [-0.2, 0) is 13.1 Å². The number of thiophene rings is 1. The zero-order valence-corrected chi connectivity index (χ0v) is 11.8. The first-order chi connectivity index (χ1) is 9.69. The predicted octanol–water partition coefficient (Wildman–Crippen LogP) is 2.65. The smallest absolute Gasteiger partial charge is 0.324 e. The summed E-state index contributed by atoms with van der Waals surface area (Å²) in [4.78, 5) is 12.4. The molecule has 1 heterocycles. The molecule has 0 atom stereocenters. The molecule has 0 aliphatic carbocycles. The van der Waals surface area contributed by atoms with E-state index in [4.69, 9.17) is 5.11 Å². The first-order valence-electron chi connectivity index (χ1n) is 6.28. The lowest BCUT2D eigenvalue weighted by Crippen LogP contribution is -2.25. The second-order valence-corrected chi connectivity index (χ2v) is 5.36. The SMILES string of the molecule is O=[N+]([O-])c1cc(CN(CCO)Cc2ccccc2)cs1. The zero-order chi connectivity index (χ0) is 14.4. The highest BCUT2D eigenvalue weighted by atomic mass is 32.1. The van der Waals surface area contributed by atoms with E-state index >= 15 is 0 Å². The lowest BCUT2D eigenvalue weighted by atomic mass is 10.2. The first-order valence-corrected chi connectivity index (χ1v) is 7.16. The Balaban J connectivity index is 2.02. The number of hydrogen-bond acceptors (Lipinski definition) is 5. The van der Waals surface area contributed by atoms with Crippen LogP contribution >= 0.6 is 11.3 Å². The molecule has 0 radical (unpaired) electrons. The van der Waals surface area contributed by atoms with E-state index in [1.807, 2.05) is 30.3 Å². The van der Waals surface area contributed by atoms with Crippen LogP contribution in [-0.4, -0.2) is 28.1 Å². The lowest BCUT2D eigenvalue weighted by molar-refractivity contribution is -0.380. The van der Waals surface area contributed by atoms with E-state index < -0.39 is 0 Å². The molecule has 20 heavy (non-hydrogen) atoms. The molecule has 0 aliphatic rings. The number of nitro groups is 1. The van der Waals surface area contributed by atoms with Crippen molar-refractivity contribution in [2.24, 2.45) is 0 Å². The highest BCUT2D eigenvalue weighted by Crippen LogP contribution is 2.23. The molecule has 0 amide bonds. The molecule has 1 N–H and O–H groups in total. The van der Waals surface area contributed by atoms with Crippen molar-refractivity contribution in [3.8, 4) is 0 Å². The van der Waals surface area contributed by atoms with Crippen molar-refractivity contribution < 1.29 is 10.0 Å². The molecule has 2 aromatic rings. The molecule has 0 spiro atoms.